The molecule has 3 aliphatic carbocycles. The number of rotatable bonds is 9. The smallest absolute Gasteiger partial charge is 0.325 e. The van der Waals surface area contributed by atoms with Crippen LogP contribution in [0, 0.1) is 11.6 Å². The summed E-state index contributed by atoms with van der Waals surface area (Å²) in [7, 11) is 1.50. The van der Waals surface area contributed by atoms with Crippen molar-refractivity contribution in [1.82, 2.24) is 25.4 Å². The summed E-state index contributed by atoms with van der Waals surface area (Å²) in [5.74, 6) is -1.21. The molecule has 0 radical (unpaired) electrons. The average Bonchev–Trinajstić information content (AvgIpc) is 3.52. The van der Waals surface area contributed by atoms with E-state index in [0.29, 0.717) is 34.2 Å². The van der Waals surface area contributed by atoms with Crippen LogP contribution in [0.3, 0.4) is 0 Å². The molecular formula is C35H37F5N6O4. The van der Waals surface area contributed by atoms with Crippen molar-refractivity contribution in [3.63, 3.8) is 0 Å². The lowest BCUT2D eigenvalue weighted by atomic mass is 9.90. The number of nitrogens with two attached hydrogens (primary N) is 1. The van der Waals surface area contributed by atoms with Gasteiger partial charge in [-0.05, 0) is 72.6 Å². The van der Waals surface area contributed by atoms with Crippen molar-refractivity contribution in [1.29, 1.82) is 0 Å². The monoisotopic (exact) mass is 700 g/mol. The highest BCUT2D eigenvalue weighted by Crippen LogP contribution is 2.49. The van der Waals surface area contributed by atoms with Crippen molar-refractivity contribution >= 4 is 29.3 Å². The molecule has 5 amide bonds. The van der Waals surface area contributed by atoms with Crippen molar-refractivity contribution < 1.29 is 41.1 Å². The first-order valence-electron chi connectivity index (χ1n) is 16.4. The quantitative estimate of drug-likeness (QED) is 0.151. The Balaban J connectivity index is 1.29. The zero-order valence-electron chi connectivity index (χ0n) is 27.3. The van der Waals surface area contributed by atoms with Crippen molar-refractivity contribution in [2.24, 2.45) is 5.84 Å². The Morgan fingerprint density at radius 2 is 1.84 bits per heavy atom. The van der Waals surface area contributed by atoms with Crippen LogP contribution < -0.4 is 16.5 Å². The van der Waals surface area contributed by atoms with Gasteiger partial charge in [0.1, 0.15) is 36.4 Å². The van der Waals surface area contributed by atoms with Gasteiger partial charge in [0, 0.05) is 43.8 Å². The number of allylic oxidation sites excluding steroid dienone is 4. The molecule has 50 heavy (non-hydrogen) atoms. The minimum absolute atomic E-state index is 0.0822. The lowest BCUT2D eigenvalue weighted by Crippen LogP contribution is -2.51. The molecule has 0 aromatic heterocycles. The predicted octanol–water partition coefficient (Wildman–Crippen LogP) is 4.72. The Bertz CT molecular complexity index is 1780. The molecule has 0 bridgehead atoms. The van der Waals surface area contributed by atoms with Crippen LogP contribution in [0.5, 0.6) is 0 Å². The fraction of sp³-hybridized carbons (Fsp3) is 0.429. The van der Waals surface area contributed by atoms with Crippen molar-refractivity contribution in [2.75, 3.05) is 20.1 Å². The van der Waals surface area contributed by atoms with Crippen LogP contribution in [-0.4, -0.2) is 70.7 Å². The van der Waals surface area contributed by atoms with Gasteiger partial charge < -0.3 is 20.5 Å². The van der Waals surface area contributed by atoms with E-state index >= 15 is 4.39 Å². The molecule has 1 aliphatic heterocycles. The molecule has 1 spiro atoms. The van der Waals surface area contributed by atoms with Gasteiger partial charge in [-0.15, -0.1) is 0 Å². The van der Waals surface area contributed by atoms with E-state index < -0.39 is 79.1 Å². The molecule has 1 unspecified atom stereocenters. The third-order valence-corrected chi connectivity index (χ3v) is 9.88. The number of fused-ring (bicyclic) bond motifs is 2. The average molecular weight is 701 g/mol. The van der Waals surface area contributed by atoms with Gasteiger partial charge in [-0.3, -0.25) is 19.3 Å². The minimum atomic E-state index is -3.31. The molecule has 4 N–H and O–H groups in total. The summed E-state index contributed by atoms with van der Waals surface area (Å²) in [6.45, 7) is -1.64. The fourth-order valence-electron chi connectivity index (χ4n) is 7.46. The molecule has 2 fully saturated rings. The number of likely N-dealkylation sites (N-methyl/N-ethyl adjacent to an activating group) is 1. The highest BCUT2D eigenvalue weighted by atomic mass is 19.3. The predicted molar refractivity (Wildman–Crippen MR) is 171 cm³/mol. The third kappa shape index (κ3) is 6.45. The van der Waals surface area contributed by atoms with Crippen molar-refractivity contribution in [3.8, 4) is 0 Å². The number of hydrazine groups is 1. The molecule has 2 aromatic rings. The number of nitrogens with zero attached hydrogens (tertiary/aromatic N) is 3. The molecule has 1 saturated carbocycles. The molecule has 6 rings (SSSR count). The first kappa shape index (κ1) is 35.1. The first-order valence-corrected chi connectivity index (χ1v) is 16.4. The largest absolute Gasteiger partial charge is 0.358 e. The van der Waals surface area contributed by atoms with E-state index in [1.165, 1.54) is 18.1 Å². The van der Waals surface area contributed by atoms with E-state index in [4.69, 9.17) is 5.84 Å². The second-order valence-electron chi connectivity index (χ2n) is 13.1. The molecule has 10 nitrogen and oxygen atoms in total. The molecule has 15 heteroatoms. The number of benzene rings is 2. The van der Waals surface area contributed by atoms with Crippen molar-refractivity contribution in [3.05, 3.63) is 88.1 Å². The summed E-state index contributed by atoms with van der Waals surface area (Å²) in [6, 6.07) is 4.57. The van der Waals surface area contributed by atoms with E-state index in [9.17, 15) is 36.7 Å². The topological polar surface area (TPSA) is 128 Å². The van der Waals surface area contributed by atoms with Crippen LogP contribution in [0.15, 0.2) is 54.2 Å². The normalized spacial score (nSPS) is 24.0. The van der Waals surface area contributed by atoms with Crippen LogP contribution in [0.25, 0.3) is 5.57 Å². The summed E-state index contributed by atoms with van der Waals surface area (Å²) in [6.07, 6.45) is 3.19. The van der Waals surface area contributed by atoms with E-state index in [0.717, 1.165) is 29.9 Å². The van der Waals surface area contributed by atoms with E-state index in [1.54, 1.807) is 12.1 Å². The Morgan fingerprint density at radius 3 is 2.52 bits per heavy atom. The van der Waals surface area contributed by atoms with E-state index in [-0.39, 0.29) is 42.0 Å². The molecule has 2 aromatic carbocycles. The Kier molecular flexibility index (Phi) is 9.46. The minimum Gasteiger partial charge on any atom is -0.358 e. The highest BCUT2D eigenvalue weighted by molar-refractivity contribution is 6.10. The summed E-state index contributed by atoms with van der Waals surface area (Å²) in [4.78, 5) is 54.3. The number of hydrogen-bond acceptors (Lipinski definition) is 6. The maximum Gasteiger partial charge on any atom is 0.325 e. The van der Waals surface area contributed by atoms with E-state index in [1.807, 2.05) is 12.2 Å². The van der Waals surface area contributed by atoms with Crippen LogP contribution in [0.1, 0.15) is 73.4 Å². The molecule has 3 atom stereocenters. The Morgan fingerprint density at radius 1 is 1.10 bits per heavy atom. The molecule has 1 heterocycles. The first-order chi connectivity index (χ1) is 23.7. The van der Waals surface area contributed by atoms with Crippen LogP contribution in [0.4, 0.5) is 26.7 Å². The Hall–Kier alpha value is -4.79. The number of nitrogens with one attached hydrogen (secondary N) is 2. The van der Waals surface area contributed by atoms with Gasteiger partial charge in [-0.25, -0.2) is 32.6 Å². The fourth-order valence-corrected chi connectivity index (χ4v) is 7.46. The summed E-state index contributed by atoms with van der Waals surface area (Å²) < 4.78 is 73.7. The second kappa shape index (κ2) is 13.5. The van der Waals surface area contributed by atoms with Gasteiger partial charge in [-0.1, -0.05) is 24.3 Å². The van der Waals surface area contributed by atoms with Crippen LogP contribution >= 0.6 is 0 Å². The third-order valence-electron chi connectivity index (χ3n) is 9.88. The van der Waals surface area contributed by atoms with Crippen LogP contribution in [0.2, 0.25) is 0 Å². The zero-order valence-corrected chi connectivity index (χ0v) is 27.3. The van der Waals surface area contributed by atoms with Gasteiger partial charge in [-0.2, -0.15) is 0 Å². The van der Waals surface area contributed by atoms with Gasteiger partial charge >= 0.3 is 6.03 Å². The summed E-state index contributed by atoms with van der Waals surface area (Å²) in [5, 5.41) is 6.43. The number of alkyl halides is 3. The van der Waals surface area contributed by atoms with Gasteiger partial charge in [0.25, 0.3) is 11.8 Å². The van der Waals surface area contributed by atoms with E-state index in [2.05, 4.69) is 10.6 Å². The van der Waals surface area contributed by atoms with Gasteiger partial charge in [0.05, 0.1) is 6.04 Å². The maximum atomic E-state index is 15.9. The van der Waals surface area contributed by atoms with Crippen LogP contribution in [-0.2, 0) is 26.5 Å². The zero-order chi connectivity index (χ0) is 36.0. The number of halogens is 5. The number of carbonyl (C=O) groups is 4. The molecule has 1 saturated heterocycles. The molecule has 4 aliphatic rings. The number of hydrogen-bond donors (Lipinski definition) is 3. The standard InChI is InChI=1S/C35H37F5N6O4/c1-42-30(47)18-46(41)28-7-4-2-3-6-24(28)21-9-10-26-25(14-21)27(38)16-34(26)32(49)45(33(50)43-34)19-31(48)44(29-8-5-11-35(29,39)40)17-20-12-22(36)15-23(37)13-20/h3,6,9-10,12-15,27,29H,2,4-5,7-8,11,16-19,41H2,1H3,(H,42,47)(H,43,50)/t27-,29?,34+/m1/s1. The SMILES string of the molecule is CNC(=O)CN(N)C1=C(c2ccc3c(c2)[C@H](F)C[C@]32NC(=O)N(CC(=O)N(Cc3cc(F)cc(F)c3)C3CCCC3(F)F)C2=O)C=CCCC1. The second-order valence-corrected chi connectivity index (χ2v) is 13.1. The maximum absolute atomic E-state index is 15.9. The highest BCUT2D eigenvalue weighted by Gasteiger charge is 2.59. The number of amides is 5. The number of urea groups is 1. The van der Waals surface area contributed by atoms with Gasteiger partial charge in [0.2, 0.25) is 11.8 Å². The lowest BCUT2D eigenvalue weighted by Gasteiger charge is -2.34. The number of imide groups is 1. The Labute approximate surface area is 285 Å². The molecule has 266 valence electrons. The van der Waals surface area contributed by atoms with Gasteiger partial charge in [0.15, 0.2) is 0 Å². The lowest BCUT2D eigenvalue weighted by molar-refractivity contribution is -0.147. The number of carbonyl (C=O) groups excluding carboxylic acids is 4. The summed E-state index contributed by atoms with van der Waals surface area (Å²) >= 11 is 0. The molecular weight excluding hydrogens is 663 g/mol. The summed E-state index contributed by atoms with van der Waals surface area (Å²) in [5.41, 5.74) is 0.305. The van der Waals surface area contributed by atoms with Crippen molar-refractivity contribution in [2.45, 2.75) is 75.2 Å².